The Labute approximate surface area is 111 Å². The molecule has 0 atom stereocenters. The second-order valence-corrected chi connectivity index (χ2v) is 5.07. The SMILES string of the molecule is CCCCOCCn1cncc1CNCC(C)C. The summed E-state index contributed by atoms with van der Waals surface area (Å²) in [7, 11) is 0. The zero-order valence-corrected chi connectivity index (χ0v) is 12.0. The zero-order chi connectivity index (χ0) is 13.2. The molecule has 0 bridgehead atoms. The van der Waals surface area contributed by atoms with E-state index in [1.807, 2.05) is 12.5 Å². The first-order chi connectivity index (χ1) is 8.74. The average molecular weight is 253 g/mol. The zero-order valence-electron chi connectivity index (χ0n) is 12.0. The predicted molar refractivity (Wildman–Crippen MR) is 74.5 cm³/mol. The molecule has 4 heteroatoms. The Morgan fingerprint density at radius 2 is 2.22 bits per heavy atom. The first kappa shape index (κ1) is 15.2. The van der Waals surface area contributed by atoms with Crippen LogP contribution in [-0.2, 0) is 17.8 Å². The minimum absolute atomic E-state index is 0.679. The van der Waals surface area contributed by atoms with Gasteiger partial charge in [0.1, 0.15) is 0 Å². The average Bonchev–Trinajstić information content (AvgIpc) is 2.76. The van der Waals surface area contributed by atoms with Gasteiger partial charge < -0.3 is 14.6 Å². The number of nitrogens with one attached hydrogen (secondary N) is 1. The van der Waals surface area contributed by atoms with E-state index in [9.17, 15) is 0 Å². The van der Waals surface area contributed by atoms with E-state index in [0.717, 1.165) is 39.3 Å². The number of imidazole rings is 1. The Morgan fingerprint density at radius 3 is 2.94 bits per heavy atom. The summed E-state index contributed by atoms with van der Waals surface area (Å²) >= 11 is 0. The van der Waals surface area contributed by atoms with Crippen LogP contribution in [0, 0.1) is 5.92 Å². The topological polar surface area (TPSA) is 39.1 Å². The van der Waals surface area contributed by atoms with Gasteiger partial charge in [0.25, 0.3) is 0 Å². The molecule has 0 saturated carbocycles. The van der Waals surface area contributed by atoms with E-state index in [0.29, 0.717) is 5.92 Å². The fourth-order valence-electron chi connectivity index (χ4n) is 1.70. The van der Waals surface area contributed by atoms with Crippen molar-refractivity contribution in [2.45, 2.75) is 46.7 Å². The van der Waals surface area contributed by atoms with Crippen molar-refractivity contribution in [2.24, 2.45) is 5.92 Å². The molecule has 0 saturated heterocycles. The molecule has 0 radical (unpaired) electrons. The fourth-order valence-corrected chi connectivity index (χ4v) is 1.70. The van der Waals surface area contributed by atoms with Crippen molar-refractivity contribution in [3.8, 4) is 0 Å². The maximum atomic E-state index is 5.58. The summed E-state index contributed by atoms with van der Waals surface area (Å²) in [5.41, 5.74) is 1.23. The van der Waals surface area contributed by atoms with Crippen LogP contribution < -0.4 is 5.32 Å². The maximum absolute atomic E-state index is 5.58. The minimum Gasteiger partial charge on any atom is -0.380 e. The molecule has 0 unspecified atom stereocenters. The molecule has 0 aromatic carbocycles. The van der Waals surface area contributed by atoms with Crippen molar-refractivity contribution < 1.29 is 4.74 Å². The summed E-state index contributed by atoms with van der Waals surface area (Å²) in [4.78, 5) is 4.20. The highest BCUT2D eigenvalue weighted by molar-refractivity contribution is 4.97. The number of aromatic nitrogens is 2. The molecular formula is C14H27N3O. The van der Waals surface area contributed by atoms with Crippen LogP contribution in [0.2, 0.25) is 0 Å². The lowest BCUT2D eigenvalue weighted by Crippen LogP contribution is -2.21. The molecule has 0 spiro atoms. The van der Waals surface area contributed by atoms with E-state index >= 15 is 0 Å². The van der Waals surface area contributed by atoms with Gasteiger partial charge >= 0.3 is 0 Å². The molecular weight excluding hydrogens is 226 g/mol. The molecule has 1 aromatic heterocycles. The normalized spacial score (nSPS) is 11.3. The smallest absolute Gasteiger partial charge is 0.0949 e. The third-order valence-electron chi connectivity index (χ3n) is 2.78. The number of rotatable bonds is 10. The van der Waals surface area contributed by atoms with E-state index < -0.39 is 0 Å². The van der Waals surface area contributed by atoms with Crippen molar-refractivity contribution in [3.05, 3.63) is 18.2 Å². The van der Waals surface area contributed by atoms with Crippen LogP contribution in [0.4, 0.5) is 0 Å². The van der Waals surface area contributed by atoms with Crippen molar-refractivity contribution in [3.63, 3.8) is 0 Å². The van der Waals surface area contributed by atoms with Gasteiger partial charge in [0, 0.05) is 25.9 Å². The van der Waals surface area contributed by atoms with Crippen LogP contribution in [-0.4, -0.2) is 29.3 Å². The molecule has 1 heterocycles. The van der Waals surface area contributed by atoms with Crippen LogP contribution in [0.15, 0.2) is 12.5 Å². The molecule has 0 amide bonds. The third-order valence-corrected chi connectivity index (χ3v) is 2.78. The van der Waals surface area contributed by atoms with Crippen LogP contribution in [0.25, 0.3) is 0 Å². The van der Waals surface area contributed by atoms with Crippen LogP contribution in [0.1, 0.15) is 39.3 Å². The number of hydrogen-bond acceptors (Lipinski definition) is 3. The summed E-state index contributed by atoms with van der Waals surface area (Å²) in [5.74, 6) is 0.679. The van der Waals surface area contributed by atoms with Gasteiger partial charge in [-0.3, -0.25) is 0 Å². The van der Waals surface area contributed by atoms with Gasteiger partial charge in [0.05, 0.1) is 18.6 Å². The molecule has 1 N–H and O–H groups in total. The summed E-state index contributed by atoms with van der Waals surface area (Å²) < 4.78 is 7.74. The standard InChI is InChI=1S/C14H27N3O/c1-4-5-7-18-8-6-17-12-16-11-14(17)10-15-9-13(2)3/h11-13,15H,4-10H2,1-3H3. The molecule has 0 fully saturated rings. The van der Waals surface area contributed by atoms with E-state index in [4.69, 9.17) is 4.74 Å². The first-order valence-corrected chi connectivity index (χ1v) is 7.01. The van der Waals surface area contributed by atoms with Crippen LogP contribution in [0.3, 0.4) is 0 Å². The highest BCUT2D eigenvalue weighted by Gasteiger charge is 2.02. The summed E-state index contributed by atoms with van der Waals surface area (Å²) in [6.45, 7) is 11.1. The van der Waals surface area contributed by atoms with Crippen LogP contribution >= 0.6 is 0 Å². The number of hydrogen-bond donors (Lipinski definition) is 1. The summed E-state index contributed by atoms with van der Waals surface area (Å²) in [5, 5.41) is 3.44. The monoisotopic (exact) mass is 253 g/mol. The number of ether oxygens (including phenoxy) is 1. The Kier molecular flexibility index (Phi) is 7.69. The molecule has 4 nitrogen and oxygen atoms in total. The Bertz CT molecular complexity index is 310. The second kappa shape index (κ2) is 9.11. The van der Waals surface area contributed by atoms with Crippen molar-refractivity contribution in [1.29, 1.82) is 0 Å². The van der Waals surface area contributed by atoms with Gasteiger partial charge in [-0.15, -0.1) is 0 Å². The quantitative estimate of drug-likeness (QED) is 0.651. The van der Waals surface area contributed by atoms with Gasteiger partial charge in [0.15, 0.2) is 0 Å². The maximum Gasteiger partial charge on any atom is 0.0949 e. The molecule has 0 aliphatic carbocycles. The molecule has 18 heavy (non-hydrogen) atoms. The van der Waals surface area contributed by atoms with Crippen molar-refractivity contribution in [1.82, 2.24) is 14.9 Å². The van der Waals surface area contributed by atoms with Gasteiger partial charge in [0.2, 0.25) is 0 Å². The third kappa shape index (κ3) is 6.17. The molecule has 1 rings (SSSR count). The Morgan fingerprint density at radius 1 is 1.39 bits per heavy atom. The van der Waals surface area contributed by atoms with Gasteiger partial charge in [-0.1, -0.05) is 27.2 Å². The highest BCUT2D eigenvalue weighted by Crippen LogP contribution is 2.00. The fraction of sp³-hybridized carbons (Fsp3) is 0.786. The largest absolute Gasteiger partial charge is 0.380 e. The Balaban J connectivity index is 2.22. The van der Waals surface area contributed by atoms with Gasteiger partial charge in [-0.25, -0.2) is 4.98 Å². The minimum atomic E-state index is 0.679. The van der Waals surface area contributed by atoms with Crippen molar-refractivity contribution in [2.75, 3.05) is 19.8 Å². The number of unbranched alkanes of at least 4 members (excludes halogenated alkanes) is 1. The van der Waals surface area contributed by atoms with Gasteiger partial charge in [-0.05, 0) is 18.9 Å². The first-order valence-electron chi connectivity index (χ1n) is 7.01. The lowest BCUT2D eigenvalue weighted by atomic mass is 10.2. The molecule has 104 valence electrons. The van der Waals surface area contributed by atoms with E-state index in [1.54, 1.807) is 0 Å². The lowest BCUT2D eigenvalue weighted by molar-refractivity contribution is 0.123. The van der Waals surface area contributed by atoms with E-state index in [2.05, 4.69) is 35.6 Å². The van der Waals surface area contributed by atoms with Crippen LogP contribution in [0.5, 0.6) is 0 Å². The summed E-state index contributed by atoms with van der Waals surface area (Å²) in [6.07, 6.45) is 6.15. The van der Waals surface area contributed by atoms with Gasteiger partial charge in [-0.2, -0.15) is 0 Å². The molecule has 1 aromatic rings. The van der Waals surface area contributed by atoms with E-state index in [1.165, 1.54) is 12.1 Å². The van der Waals surface area contributed by atoms with Crippen molar-refractivity contribution >= 4 is 0 Å². The van der Waals surface area contributed by atoms with E-state index in [-0.39, 0.29) is 0 Å². The lowest BCUT2D eigenvalue weighted by Gasteiger charge is -2.10. The Hall–Kier alpha value is -0.870. The molecule has 0 aliphatic rings. The highest BCUT2D eigenvalue weighted by atomic mass is 16.5. The molecule has 0 aliphatic heterocycles. The predicted octanol–water partition coefficient (Wildman–Crippen LogP) is 2.45. The summed E-state index contributed by atoms with van der Waals surface area (Å²) in [6, 6.07) is 0. The second-order valence-electron chi connectivity index (χ2n) is 5.07. The number of nitrogens with zero attached hydrogens (tertiary/aromatic N) is 2.